The molecule has 0 spiro atoms. The highest BCUT2D eigenvalue weighted by atomic mass is 35.5. The number of aliphatic hydroxyl groups excluding tert-OH is 1. The molecule has 24 heavy (non-hydrogen) atoms. The molecule has 3 aromatic rings. The summed E-state index contributed by atoms with van der Waals surface area (Å²) in [5.74, 6) is -0.0494. The van der Waals surface area contributed by atoms with Gasteiger partial charge in [0.05, 0.1) is 29.3 Å². The monoisotopic (exact) mass is 341 g/mol. The fraction of sp³-hybridized carbons (Fsp3) is 0.222. The van der Waals surface area contributed by atoms with Gasteiger partial charge in [0, 0.05) is 29.6 Å². The summed E-state index contributed by atoms with van der Waals surface area (Å²) < 4.78 is 1.90. The molecule has 0 bridgehead atoms. The van der Waals surface area contributed by atoms with E-state index >= 15 is 0 Å². The van der Waals surface area contributed by atoms with Crippen molar-refractivity contribution in [1.29, 1.82) is 0 Å². The lowest BCUT2D eigenvalue weighted by molar-refractivity contribution is 0.104. The predicted octanol–water partition coefficient (Wildman–Crippen LogP) is 2.48. The average Bonchev–Trinajstić information content (AvgIpc) is 2.96. The molecular weight excluding hydrogens is 326 g/mol. The van der Waals surface area contributed by atoms with Gasteiger partial charge in [-0.25, -0.2) is 0 Å². The Labute approximate surface area is 143 Å². The largest absolute Gasteiger partial charge is 0.395 e. The molecule has 1 heterocycles. The van der Waals surface area contributed by atoms with Crippen LogP contribution in [-0.2, 0) is 6.54 Å². The van der Waals surface area contributed by atoms with Gasteiger partial charge in [-0.05, 0) is 12.1 Å². The Kier molecular flexibility index (Phi) is 3.84. The third kappa shape index (κ3) is 2.24. The first-order valence-electron chi connectivity index (χ1n) is 7.87. The number of halogens is 1. The number of ketones is 1. The second kappa shape index (κ2) is 6.02. The Hall–Kier alpha value is -2.21. The first-order valence-corrected chi connectivity index (χ1v) is 8.25. The van der Waals surface area contributed by atoms with E-state index in [2.05, 4.69) is 5.32 Å². The summed E-state index contributed by atoms with van der Waals surface area (Å²) in [7, 11) is 0. The molecule has 0 aliphatic heterocycles. The Bertz CT molecular complexity index is 949. The van der Waals surface area contributed by atoms with E-state index < -0.39 is 0 Å². The Morgan fingerprint density at radius 3 is 2.75 bits per heavy atom. The third-order valence-corrected chi connectivity index (χ3v) is 4.62. The highest BCUT2D eigenvalue weighted by molar-refractivity contribution is 6.38. The zero-order valence-electron chi connectivity index (χ0n) is 12.9. The topological polar surface area (TPSA) is 67.2 Å². The smallest absolute Gasteiger partial charge is 0.195 e. The minimum Gasteiger partial charge on any atom is -0.395 e. The number of benzene rings is 2. The van der Waals surface area contributed by atoms with Gasteiger partial charge in [-0.3, -0.25) is 9.48 Å². The maximum absolute atomic E-state index is 12.9. The summed E-state index contributed by atoms with van der Waals surface area (Å²) in [6.07, 6.45) is 0. The van der Waals surface area contributed by atoms with Gasteiger partial charge < -0.3 is 10.4 Å². The maximum atomic E-state index is 12.9. The lowest BCUT2D eigenvalue weighted by Crippen LogP contribution is -2.23. The standard InChI is InChI=1S/C18H16ClN3O2/c19-13-5-1-3-11-15(13)18(24)12-4-2-6-14-16(12)17(11)21-22(14)9-7-20-8-10-23/h1-6,20,23H,7-10H2. The molecule has 1 aromatic heterocycles. The molecule has 2 N–H and O–H groups in total. The Morgan fingerprint density at radius 1 is 1.12 bits per heavy atom. The van der Waals surface area contributed by atoms with Crippen molar-refractivity contribution in [2.24, 2.45) is 0 Å². The van der Waals surface area contributed by atoms with Crippen molar-refractivity contribution in [2.75, 3.05) is 19.7 Å². The van der Waals surface area contributed by atoms with E-state index in [9.17, 15) is 4.79 Å². The molecule has 1 aliphatic rings. The first-order chi connectivity index (χ1) is 11.7. The highest BCUT2D eigenvalue weighted by Crippen LogP contribution is 2.41. The number of hydrogen-bond acceptors (Lipinski definition) is 4. The first kappa shape index (κ1) is 15.3. The Balaban J connectivity index is 1.87. The predicted molar refractivity (Wildman–Crippen MR) is 93.6 cm³/mol. The van der Waals surface area contributed by atoms with Gasteiger partial charge in [0.1, 0.15) is 5.69 Å². The SMILES string of the molecule is O=C1c2c(Cl)cccc2-c2nn(CCNCCO)c3cccc1c23. The van der Waals surface area contributed by atoms with Crippen LogP contribution in [0.4, 0.5) is 0 Å². The number of rotatable bonds is 5. The number of hydrogen-bond donors (Lipinski definition) is 2. The van der Waals surface area contributed by atoms with Crippen LogP contribution in [-0.4, -0.2) is 40.4 Å². The van der Waals surface area contributed by atoms with E-state index in [-0.39, 0.29) is 12.4 Å². The third-order valence-electron chi connectivity index (χ3n) is 4.31. The zero-order chi connectivity index (χ0) is 16.7. The van der Waals surface area contributed by atoms with Crippen LogP contribution in [0.25, 0.3) is 22.2 Å². The van der Waals surface area contributed by atoms with E-state index in [1.807, 2.05) is 35.0 Å². The number of carbonyl (C=O) groups is 1. The summed E-state index contributed by atoms with van der Waals surface area (Å²) in [4.78, 5) is 12.9. The number of carbonyl (C=O) groups excluding carboxylic acids is 1. The number of aliphatic hydroxyl groups is 1. The minimum atomic E-state index is -0.0494. The summed E-state index contributed by atoms with van der Waals surface area (Å²) >= 11 is 6.27. The molecule has 0 amide bonds. The van der Waals surface area contributed by atoms with Crippen LogP contribution >= 0.6 is 11.6 Å². The Morgan fingerprint density at radius 2 is 1.92 bits per heavy atom. The van der Waals surface area contributed by atoms with E-state index in [1.165, 1.54) is 0 Å². The summed E-state index contributed by atoms with van der Waals surface area (Å²) in [5.41, 5.74) is 3.71. The fourth-order valence-electron chi connectivity index (χ4n) is 3.25. The van der Waals surface area contributed by atoms with Gasteiger partial charge in [0.15, 0.2) is 5.78 Å². The van der Waals surface area contributed by atoms with Crippen molar-refractivity contribution in [2.45, 2.75) is 6.54 Å². The van der Waals surface area contributed by atoms with Crippen LogP contribution in [0.15, 0.2) is 36.4 Å². The van der Waals surface area contributed by atoms with Crippen LogP contribution in [0.2, 0.25) is 5.02 Å². The molecule has 6 heteroatoms. The van der Waals surface area contributed by atoms with Crippen LogP contribution in [0.3, 0.4) is 0 Å². The number of nitrogens with one attached hydrogen (secondary N) is 1. The number of nitrogens with zero attached hydrogens (tertiary/aromatic N) is 2. The molecule has 0 fully saturated rings. The molecule has 2 aromatic carbocycles. The molecule has 1 aliphatic carbocycles. The normalized spacial score (nSPS) is 12.7. The molecule has 0 saturated heterocycles. The summed E-state index contributed by atoms with van der Waals surface area (Å²) in [6.45, 7) is 2.01. The van der Waals surface area contributed by atoms with Crippen LogP contribution in [0.1, 0.15) is 15.9 Å². The second-order valence-corrected chi connectivity index (χ2v) is 6.14. The molecular formula is C18H16ClN3O2. The quantitative estimate of drug-likeness (QED) is 0.547. The number of aromatic nitrogens is 2. The summed E-state index contributed by atoms with van der Waals surface area (Å²) in [6, 6.07) is 11.2. The second-order valence-electron chi connectivity index (χ2n) is 5.74. The lowest BCUT2D eigenvalue weighted by atomic mass is 9.87. The zero-order valence-corrected chi connectivity index (χ0v) is 13.7. The van der Waals surface area contributed by atoms with Crippen molar-refractivity contribution < 1.29 is 9.90 Å². The molecule has 0 saturated carbocycles. The maximum Gasteiger partial charge on any atom is 0.195 e. The van der Waals surface area contributed by atoms with E-state index in [0.29, 0.717) is 35.8 Å². The molecule has 4 rings (SSSR count). The molecule has 0 radical (unpaired) electrons. The molecule has 122 valence electrons. The fourth-order valence-corrected chi connectivity index (χ4v) is 3.51. The van der Waals surface area contributed by atoms with Gasteiger partial charge in [-0.2, -0.15) is 5.10 Å². The van der Waals surface area contributed by atoms with Crippen LogP contribution in [0.5, 0.6) is 0 Å². The van der Waals surface area contributed by atoms with Gasteiger partial charge >= 0.3 is 0 Å². The van der Waals surface area contributed by atoms with Crippen molar-refractivity contribution in [3.05, 3.63) is 52.5 Å². The average molecular weight is 342 g/mol. The van der Waals surface area contributed by atoms with E-state index in [1.54, 1.807) is 6.07 Å². The molecule has 5 nitrogen and oxygen atoms in total. The lowest BCUT2D eigenvalue weighted by Gasteiger charge is -2.15. The highest BCUT2D eigenvalue weighted by Gasteiger charge is 2.30. The van der Waals surface area contributed by atoms with Crippen LogP contribution < -0.4 is 5.32 Å². The van der Waals surface area contributed by atoms with Gasteiger partial charge in [-0.15, -0.1) is 0 Å². The van der Waals surface area contributed by atoms with Crippen molar-refractivity contribution >= 4 is 28.3 Å². The van der Waals surface area contributed by atoms with Crippen molar-refractivity contribution in [1.82, 2.24) is 15.1 Å². The van der Waals surface area contributed by atoms with Crippen LogP contribution in [0, 0.1) is 0 Å². The van der Waals surface area contributed by atoms with Gasteiger partial charge in [0.2, 0.25) is 0 Å². The molecule has 0 unspecified atom stereocenters. The summed E-state index contributed by atoms with van der Waals surface area (Å²) in [5, 5.41) is 18.1. The van der Waals surface area contributed by atoms with E-state index in [4.69, 9.17) is 21.8 Å². The van der Waals surface area contributed by atoms with E-state index in [0.717, 1.165) is 22.2 Å². The number of fused-ring (bicyclic) bond motifs is 2. The van der Waals surface area contributed by atoms with Crippen molar-refractivity contribution in [3.8, 4) is 11.3 Å². The minimum absolute atomic E-state index is 0.0494. The van der Waals surface area contributed by atoms with Crippen molar-refractivity contribution in [3.63, 3.8) is 0 Å². The van der Waals surface area contributed by atoms with Gasteiger partial charge in [0.25, 0.3) is 0 Å². The van der Waals surface area contributed by atoms with Gasteiger partial charge in [-0.1, -0.05) is 35.9 Å². The molecule has 0 atom stereocenters.